The molecule has 5 nitrogen and oxygen atoms in total. The molecule has 1 saturated heterocycles. The van der Waals surface area contributed by atoms with Crippen molar-refractivity contribution in [2.24, 2.45) is 0 Å². The van der Waals surface area contributed by atoms with E-state index in [4.69, 9.17) is 11.6 Å². The monoisotopic (exact) mass is 476 g/mol. The van der Waals surface area contributed by atoms with Crippen LogP contribution in [0, 0.1) is 5.82 Å². The average Bonchev–Trinajstić information content (AvgIpc) is 3.17. The van der Waals surface area contributed by atoms with Gasteiger partial charge in [0.05, 0.1) is 5.02 Å². The molecule has 0 radical (unpaired) electrons. The van der Waals surface area contributed by atoms with E-state index in [1.54, 1.807) is 5.57 Å². The number of likely N-dealkylation sites (N-methyl/N-ethyl adjacent to an activating group) is 1. The maximum atomic E-state index is 12.5. The molecular formula is C26H38ClFN4O. The summed E-state index contributed by atoms with van der Waals surface area (Å²) in [7, 11) is 4.51. The molecule has 0 spiro atoms. The Balaban J connectivity index is 0.000000294. The Labute approximate surface area is 203 Å². The van der Waals surface area contributed by atoms with Crippen molar-refractivity contribution < 1.29 is 9.18 Å². The molecule has 1 atom stereocenters. The quantitative estimate of drug-likeness (QED) is 0.409. The maximum absolute atomic E-state index is 12.5. The molecule has 33 heavy (non-hydrogen) atoms. The summed E-state index contributed by atoms with van der Waals surface area (Å²) in [6.45, 7) is 13.4. The summed E-state index contributed by atoms with van der Waals surface area (Å²) < 4.78 is 12.5. The van der Waals surface area contributed by atoms with Gasteiger partial charge in [0.2, 0.25) is 6.41 Å². The Hall–Kier alpha value is -1.99. The van der Waals surface area contributed by atoms with Gasteiger partial charge in [-0.25, -0.2) is 4.39 Å². The molecule has 7 heteroatoms. The summed E-state index contributed by atoms with van der Waals surface area (Å²) in [5.41, 5.74) is 3.54. The number of piperazine rings is 1. The molecular weight excluding hydrogens is 439 g/mol. The molecule has 182 valence electrons. The number of nitrogens with one attached hydrogen (secondary N) is 1. The van der Waals surface area contributed by atoms with Gasteiger partial charge in [0, 0.05) is 37.9 Å². The van der Waals surface area contributed by atoms with Gasteiger partial charge in [-0.2, -0.15) is 0 Å². The second-order valence-corrected chi connectivity index (χ2v) is 9.24. The summed E-state index contributed by atoms with van der Waals surface area (Å²) in [6.07, 6.45) is 10.4. The van der Waals surface area contributed by atoms with Crippen molar-refractivity contribution >= 4 is 23.7 Å². The van der Waals surface area contributed by atoms with Crippen molar-refractivity contribution in [1.82, 2.24) is 14.7 Å². The van der Waals surface area contributed by atoms with Gasteiger partial charge in [0.25, 0.3) is 0 Å². The normalized spacial score (nSPS) is 19.6. The van der Waals surface area contributed by atoms with Crippen LogP contribution in [-0.4, -0.2) is 80.5 Å². The van der Waals surface area contributed by atoms with Gasteiger partial charge in [-0.1, -0.05) is 42.0 Å². The number of carbonyl (C=O) groups excluding carboxylic acids is 1. The van der Waals surface area contributed by atoms with Crippen LogP contribution in [0.1, 0.15) is 26.2 Å². The smallest absolute Gasteiger partial charge is 0.211 e. The first kappa shape index (κ1) is 27.3. The number of anilines is 1. The van der Waals surface area contributed by atoms with E-state index < -0.39 is 5.82 Å². The minimum Gasteiger partial charge on any atom is -0.329 e. The standard InChI is InChI=1S/C19H33N3.C7H5ClFNO/c1-5-6-8-18-16-19(15-17(18)2)21(4)9-7-10-22-13-11-20(3)12-14-22;8-6-3-5(10-4-11)1-2-7(6)9/h5-6,8,19H,1,7,9-16H2,2-4H3;1-4H,(H,10,11)/b8-6-;. The van der Waals surface area contributed by atoms with Crippen LogP contribution in [-0.2, 0) is 4.79 Å². The molecule has 0 saturated carbocycles. The number of allylic oxidation sites excluding steroid dienone is 3. The number of benzene rings is 1. The highest BCUT2D eigenvalue weighted by Crippen LogP contribution is 2.30. The van der Waals surface area contributed by atoms with E-state index in [9.17, 15) is 9.18 Å². The lowest BCUT2D eigenvalue weighted by molar-refractivity contribution is -0.105. The van der Waals surface area contributed by atoms with Crippen molar-refractivity contribution in [3.8, 4) is 0 Å². The van der Waals surface area contributed by atoms with E-state index in [1.165, 1.54) is 82.3 Å². The molecule has 3 rings (SSSR count). The zero-order chi connectivity index (χ0) is 24.2. The highest BCUT2D eigenvalue weighted by molar-refractivity contribution is 6.31. The predicted octanol–water partition coefficient (Wildman–Crippen LogP) is 4.82. The van der Waals surface area contributed by atoms with Crippen molar-refractivity contribution in [3.63, 3.8) is 0 Å². The van der Waals surface area contributed by atoms with Crippen LogP contribution in [0.15, 0.2) is 54.2 Å². The van der Waals surface area contributed by atoms with Crippen LogP contribution in [0.2, 0.25) is 5.02 Å². The molecule has 1 aromatic carbocycles. The summed E-state index contributed by atoms with van der Waals surface area (Å²) in [4.78, 5) is 17.5. The molecule has 0 aromatic heterocycles. The molecule has 1 aliphatic carbocycles. The van der Waals surface area contributed by atoms with Crippen LogP contribution in [0.3, 0.4) is 0 Å². The van der Waals surface area contributed by atoms with E-state index in [1.807, 2.05) is 6.08 Å². The van der Waals surface area contributed by atoms with E-state index in [-0.39, 0.29) is 5.02 Å². The second-order valence-electron chi connectivity index (χ2n) is 8.83. The van der Waals surface area contributed by atoms with E-state index in [0.29, 0.717) is 18.1 Å². The van der Waals surface area contributed by atoms with Gasteiger partial charge in [-0.15, -0.1) is 0 Å². The Morgan fingerprint density at radius 3 is 2.64 bits per heavy atom. The third kappa shape index (κ3) is 9.41. The van der Waals surface area contributed by atoms with Crippen molar-refractivity contribution in [2.45, 2.75) is 32.2 Å². The fourth-order valence-electron chi connectivity index (χ4n) is 4.14. The molecule has 1 unspecified atom stereocenters. The zero-order valence-electron chi connectivity index (χ0n) is 20.2. The number of hydrogen-bond acceptors (Lipinski definition) is 4. The number of carbonyl (C=O) groups is 1. The van der Waals surface area contributed by atoms with Gasteiger partial charge in [-0.3, -0.25) is 4.79 Å². The van der Waals surface area contributed by atoms with Crippen LogP contribution < -0.4 is 5.32 Å². The Kier molecular flexibility index (Phi) is 11.8. The van der Waals surface area contributed by atoms with Crippen LogP contribution in [0.4, 0.5) is 10.1 Å². The summed E-state index contributed by atoms with van der Waals surface area (Å²) in [5, 5.41) is 2.34. The van der Waals surface area contributed by atoms with Gasteiger partial charge in [-0.05, 0) is 77.1 Å². The minimum absolute atomic E-state index is 0.00292. The Bertz CT molecular complexity index is 834. The molecule has 1 amide bonds. The zero-order valence-corrected chi connectivity index (χ0v) is 21.0. The fourth-order valence-corrected chi connectivity index (χ4v) is 4.32. The highest BCUT2D eigenvalue weighted by atomic mass is 35.5. The van der Waals surface area contributed by atoms with Crippen LogP contribution in [0.5, 0.6) is 0 Å². The lowest BCUT2D eigenvalue weighted by Gasteiger charge is -2.33. The molecule has 0 bridgehead atoms. The predicted molar refractivity (Wildman–Crippen MR) is 137 cm³/mol. The van der Waals surface area contributed by atoms with Gasteiger partial charge in [0.1, 0.15) is 5.82 Å². The number of amides is 1. The first-order valence-electron chi connectivity index (χ1n) is 11.6. The molecule has 1 N–H and O–H groups in total. The van der Waals surface area contributed by atoms with E-state index in [0.717, 1.165) is 0 Å². The van der Waals surface area contributed by atoms with Crippen molar-refractivity contribution in [1.29, 1.82) is 0 Å². The van der Waals surface area contributed by atoms with Crippen molar-refractivity contribution in [3.05, 3.63) is 65.0 Å². The lowest BCUT2D eigenvalue weighted by atomic mass is 10.1. The second kappa shape index (κ2) is 14.3. The SMILES string of the molecule is C=C/C=C\C1=C(C)CC(N(C)CCCN2CCN(C)CC2)C1.O=CNc1ccc(F)c(Cl)c1. The summed E-state index contributed by atoms with van der Waals surface area (Å²) in [6, 6.07) is 4.65. The van der Waals surface area contributed by atoms with Gasteiger partial charge in [0.15, 0.2) is 0 Å². The first-order chi connectivity index (χ1) is 15.8. The maximum Gasteiger partial charge on any atom is 0.211 e. The number of nitrogens with zero attached hydrogens (tertiary/aromatic N) is 3. The summed E-state index contributed by atoms with van der Waals surface area (Å²) >= 11 is 5.42. The number of hydrogen-bond donors (Lipinski definition) is 1. The lowest BCUT2D eigenvalue weighted by Crippen LogP contribution is -2.45. The Morgan fingerprint density at radius 1 is 1.27 bits per heavy atom. The third-order valence-corrected chi connectivity index (χ3v) is 6.62. The average molecular weight is 477 g/mol. The molecule has 1 fully saturated rings. The van der Waals surface area contributed by atoms with Gasteiger partial charge < -0.3 is 20.0 Å². The fraction of sp³-hybridized carbons (Fsp3) is 0.500. The molecule has 2 aliphatic rings. The van der Waals surface area contributed by atoms with Gasteiger partial charge >= 0.3 is 0 Å². The van der Waals surface area contributed by atoms with E-state index >= 15 is 0 Å². The third-order valence-electron chi connectivity index (χ3n) is 6.33. The molecule has 1 aliphatic heterocycles. The summed E-state index contributed by atoms with van der Waals surface area (Å²) in [5.74, 6) is -0.497. The topological polar surface area (TPSA) is 38.8 Å². The number of halogens is 2. The minimum atomic E-state index is -0.497. The van der Waals surface area contributed by atoms with Crippen LogP contribution in [0.25, 0.3) is 0 Å². The van der Waals surface area contributed by atoms with Crippen LogP contribution >= 0.6 is 11.6 Å². The Morgan fingerprint density at radius 2 is 2.00 bits per heavy atom. The molecule has 1 aromatic rings. The van der Waals surface area contributed by atoms with E-state index in [2.05, 4.69) is 59.8 Å². The first-order valence-corrected chi connectivity index (χ1v) is 12.0. The number of rotatable bonds is 9. The largest absolute Gasteiger partial charge is 0.329 e. The van der Waals surface area contributed by atoms with Crippen molar-refractivity contribution in [2.75, 3.05) is 58.7 Å². The molecule has 1 heterocycles. The highest BCUT2D eigenvalue weighted by Gasteiger charge is 2.23.